The normalized spacial score (nSPS) is 18.0. The molecular weight excluding hydrogens is 322 g/mol. The average Bonchev–Trinajstić information content (AvgIpc) is 3.02. The minimum absolute atomic E-state index is 0.260. The lowest BCUT2D eigenvalue weighted by molar-refractivity contribution is 0.171. The minimum atomic E-state index is -3.51. The summed E-state index contributed by atoms with van der Waals surface area (Å²) in [6.07, 6.45) is 0.775. The molecule has 0 bridgehead atoms. The quantitative estimate of drug-likeness (QED) is 0.843. The molecule has 2 aromatic rings. The lowest BCUT2D eigenvalue weighted by Crippen LogP contribution is -2.35. The molecule has 1 aromatic carbocycles. The lowest BCUT2D eigenvalue weighted by Gasteiger charge is -2.27. The van der Waals surface area contributed by atoms with Gasteiger partial charge >= 0.3 is 0 Å². The molecule has 7 heteroatoms. The van der Waals surface area contributed by atoms with Gasteiger partial charge in [0.2, 0.25) is 10.0 Å². The number of nitrogens with zero attached hydrogens (tertiary/aromatic N) is 1. The van der Waals surface area contributed by atoms with Crippen LogP contribution in [0, 0.1) is 0 Å². The van der Waals surface area contributed by atoms with E-state index in [0.717, 1.165) is 12.0 Å². The van der Waals surface area contributed by atoms with Crippen LogP contribution in [0.2, 0.25) is 0 Å². The fraction of sp³-hybridized carbons (Fsp3) is 0.333. The number of fused-ring (bicyclic) bond motifs is 2. The number of rotatable bonds is 2. The third-order valence-corrected chi connectivity index (χ3v) is 6.79. The van der Waals surface area contributed by atoms with Gasteiger partial charge in [0.15, 0.2) is 11.5 Å². The summed E-state index contributed by atoms with van der Waals surface area (Å²) in [6.45, 7) is 1.89. The van der Waals surface area contributed by atoms with Crippen molar-refractivity contribution >= 4 is 21.4 Å². The fourth-order valence-electron chi connectivity index (χ4n) is 2.76. The van der Waals surface area contributed by atoms with Gasteiger partial charge in [0.05, 0.1) is 4.90 Å². The Morgan fingerprint density at radius 2 is 1.91 bits per heavy atom. The second kappa shape index (κ2) is 5.26. The van der Waals surface area contributed by atoms with Crippen molar-refractivity contribution in [3.05, 3.63) is 40.1 Å². The zero-order chi connectivity index (χ0) is 15.2. The van der Waals surface area contributed by atoms with E-state index >= 15 is 0 Å². The summed E-state index contributed by atoms with van der Waals surface area (Å²) in [7, 11) is -3.51. The maximum Gasteiger partial charge on any atom is 0.243 e. The Morgan fingerprint density at radius 1 is 1.09 bits per heavy atom. The maximum absolute atomic E-state index is 12.8. The zero-order valence-electron chi connectivity index (χ0n) is 11.8. The lowest BCUT2D eigenvalue weighted by atomic mass is 10.1. The number of hydrogen-bond donors (Lipinski definition) is 0. The van der Waals surface area contributed by atoms with E-state index in [1.165, 1.54) is 9.18 Å². The van der Waals surface area contributed by atoms with Crippen molar-refractivity contribution in [2.75, 3.05) is 19.8 Å². The molecule has 0 spiro atoms. The molecule has 0 saturated carbocycles. The van der Waals surface area contributed by atoms with Gasteiger partial charge in [0.25, 0.3) is 0 Å². The first-order chi connectivity index (χ1) is 10.6. The Morgan fingerprint density at radius 3 is 2.77 bits per heavy atom. The van der Waals surface area contributed by atoms with Gasteiger partial charge in [-0.25, -0.2) is 8.42 Å². The molecule has 0 unspecified atom stereocenters. The highest BCUT2D eigenvalue weighted by atomic mass is 32.2. The van der Waals surface area contributed by atoms with Gasteiger partial charge in [-0.3, -0.25) is 0 Å². The number of sulfonamides is 1. The minimum Gasteiger partial charge on any atom is -0.486 e. The van der Waals surface area contributed by atoms with E-state index < -0.39 is 10.0 Å². The molecular formula is C15H15NO4S2. The monoisotopic (exact) mass is 337 g/mol. The number of benzene rings is 1. The van der Waals surface area contributed by atoms with Crippen molar-refractivity contribution in [1.29, 1.82) is 0 Å². The largest absolute Gasteiger partial charge is 0.486 e. The van der Waals surface area contributed by atoms with Crippen LogP contribution in [0.25, 0.3) is 0 Å². The predicted molar refractivity (Wildman–Crippen MR) is 83.1 cm³/mol. The standard InChI is InChI=1S/C15H15NO4S2/c17-22(18,16-5-3-15-11(10-16)4-8-21-15)12-1-2-13-14(9-12)20-7-6-19-13/h1-2,4,8-9H,3,5-7,10H2. The first-order valence-electron chi connectivity index (χ1n) is 7.10. The van der Waals surface area contributed by atoms with Crippen LogP contribution in [0.1, 0.15) is 10.4 Å². The third kappa shape index (κ3) is 2.29. The van der Waals surface area contributed by atoms with Crippen LogP contribution in [-0.2, 0) is 23.0 Å². The van der Waals surface area contributed by atoms with Crippen molar-refractivity contribution in [3.8, 4) is 11.5 Å². The first kappa shape index (κ1) is 14.0. The Balaban J connectivity index is 1.66. The highest BCUT2D eigenvalue weighted by Gasteiger charge is 2.30. The van der Waals surface area contributed by atoms with Gasteiger partial charge in [-0.1, -0.05) is 0 Å². The summed E-state index contributed by atoms with van der Waals surface area (Å²) in [6, 6.07) is 6.83. The Hall–Kier alpha value is -1.57. The molecule has 5 nitrogen and oxygen atoms in total. The molecule has 0 fully saturated rings. The topological polar surface area (TPSA) is 55.8 Å². The summed E-state index contributed by atoms with van der Waals surface area (Å²) in [5.74, 6) is 1.10. The van der Waals surface area contributed by atoms with Crippen molar-refractivity contribution in [3.63, 3.8) is 0 Å². The van der Waals surface area contributed by atoms with E-state index in [0.29, 0.717) is 37.8 Å². The number of ether oxygens (including phenoxy) is 2. The number of thiophene rings is 1. The summed E-state index contributed by atoms with van der Waals surface area (Å²) < 4.78 is 38.1. The van der Waals surface area contributed by atoms with E-state index in [2.05, 4.69) is 0 Å². The van der Waals surface area contributed by atoms with Crippen molar-refractivity contribution in [2.45, 2.75) is 17.9 Å². The highest BCUT2D eigenvalue weighted by Crippen LogP contribution is 2.34. The van der Waals surface area contributed by atoms with Crippen LogP contribution in [0.15, 0.2) is 34.5 Å². The van der Waals surface area contributed by atoms with Crippen molar-refractivity contribution in [2.24, 2.45) is 0 Å². The molecule has 4 rings (SSSR count). The van der Waals surface area contributed by atoms with E-state index in [4.69, 9.17) is 9.47 Å². The predicted octanol–water partition coefficient (Wildman–Crippen LogP) is 2.27. The molecule has 0 amide bonds. The Bertz CT molecular complexity index is 813. The molecule has 2 aliphatic rings. The average molecular weight is 337 g/mol. The van der Waals surface area contributed by atoms with E-state index in [1.54, 1.807) is 29.5 Å². The molecule has 22 heavy (non-hydrogen) atoms. The van der Waals surface area contributed by atoms with E-state index in [1.807, 2.05) is 11.4 Å². The van der Waals surface area contributed by atoms with Crippen LogP contribution < -0.4 is 9.47 Å². The maximum atomic E-state index is 12.8. The summed E-state index contributed by atoms with van der Waals surface area (Å²) in [4.78, 5) is 1.55. The van der Waals surface area contributed by atoms with Crippen LogP contribution in [0.3, 0.4) is 0 Å². The van der Waals surface area contributed by atoms with Crippen molar-refractivity contribution in [1.82, 2.24) is 4.31 Å². The molecule has 0 radical (unpaired) electrons. The van der Waals surface area contributed by atoms with Gasteiger partial charge in [-0.05, 0) is 35.6 Å². The van der Waals surface area contributed by atoms with Crippen LogP contribution >= 0.6 is 11.3 Å². The molecule has 3 heterocycles. The summed E-state index contributed by atoms with van der Waals surface area (Å²) in [5.41, 5.74) is 1.11. The van der Waals surface area contributed by atoms with Crippen molar-refractivity contribution < 1.29 is 17.9 Å². The van der Waals surface area contributed by atoms with E-state index in [9.17, 15) is 8.42 Å². The van der Waals surface area contributed by atoms with E-state index in [-0.39, 0.29) is 4.90 Å². The molecule has 0 N–H and O–H groups in total. The SMILES string of the molecule is O=S(=O)(c1ccc2c(c1)OCCO2)N1CCc2sccc2C1. The molecule has 116 valence electrons. The van der Waals surface area contributed by atoms with Gasteiger partial charge in [-0.2, -0.15) is 4.31 Å². The van der Waals surface area contributed by atoms with Gasteiger partial charge in [-0.15, -0.1) is 11.3 Å². The molecule has 0 aliphatic carbocycles. The van der Waals surface area contributed by atoms with Gasteiger partial charge in [0, 0.05) is 24.0 Å². The van der Waals surface area contributed by atoms with Crippen LogP contribution in [-0.4, -0.2) is 32.5 Å². The third-order valence-electron chi connectivity index (χ3n) is 3.92. The van der Waals surface area contributed by atoms with Gasteiger partial charge < -0.3 is 9.47 Å². The second-order valence-electron chi connectivity index (χ2n) is 5.26. The van der Waals surface area contributed by atoms with Gasteiger partial charge in [0.1, 0.15) is 13.2 Å². The molecule has 0 atom stereocenters. The van der Waals surface area contributed by atoms with Crippen LogP contribution in [0.4, 0.5) is 0 Å². The Labute approximate surface area is 133 Å². The second-order valence-corrected chi connectivity index (χ2v) is 8.20. The summed E-state index contributed by atoms with van der Waals surface area (Å²) >= 11 is 1.69. The first-order valence-corrected chi connectivity index (χ1v) is 9.41. The number of hydrogen-bond acceptors (Lipinski definition) is 5. The zero-order valence-corrected chi connectivity index (χ0v) is 13.5. The highest BCUT2D eigenvalue weighted by molar-refractivity contribution is 7.89. The molecule has 1 aromatic heterocycles. The molecule has 2 aliphatic heterocycles. The Kier molecular flexibility index (Phi) is 3.36. The smallest absolute Gasteiger partial charge is 0.243 e. The summed E-state index contributed by atoms with van der Waals surface area (Å²) in [5, 5.41) is 2.02. The fourth-order valence-corrected chi connectivity index (χ4v) is 5.09. The molecule has 0 saturated heterocycles. The van der Waals surface area contributed by atoms with Crippen LogP contribution in [0.5, 0.6) is 11.5 Å².